The predicted molar refractivity (Wildman–Crippen MR) is 99.1 cm³/mol. The van der Waals surface area contributed by atoms with Gasteiger partial charge in [-0.1, -0.05) is 24.3 Å². The maximum atomic E-state index is 12.6. The predicted octanol–water partition coefficient (Wildman–Crippen LogP) is -0.359. The number of benzene rings is 1. The summed E-state index contributed by atoms with van der Waals surface area (Å²) >= 11 is 0. The number of likely N-dealkylation sites (tertiary alicyclic amines) is 1. The van der Waals surface area contributed by atoms with Gasteiger partial charge in [0.1, 0.15) is 11.9 Å². The van der Waals surface area contributed by atoms with Crippen LogP contribution in [0, 0.1) is 5.41 Å². The molecule has 0 saturated carbocycles. The summed E-state index contributed by atoms with van der Waals surface area (Å²) in [5.74, 6) is -1.63. The molecule has 0 aliphatic carbocycles. The Labute approximate surface area is 157 Å². The van der Waals surface area contributed by atoms with Gasteiger partial charge in [-0.05, 0) is 25.8 Å². The number of nitrogens with one attached hydrogen (secondary N) is 3. The molecule has 0 bridgehead atoms. The third-order valence-electron chi connectivity index (χ3n) is 4.53. The Kier molecular flexibility index (Phi) is 6.17. The maximum absolute atomic E-state index is 12.6. The molecule has 9 heteroatoms. The Balaban J connectivity index is 1.90. The maximum Gasteiger partial charge on any atom is 0.317 e. The number of rotatable bonds is 8. The molecule has 0 radical (unpaired) electrons. The molecule has 1 fully saturated rings. The molecule has 2 amide bonds. The van der Waals surface area contributed by atoms with E-state index in [0.717, 1.165) is 5.56 Å². The molecule has 1 aromatic carbocycles. The van der Waals surface area contributed by atoms with Gasteiger partial charge >= 0.3 is 5.97 Å². The molecule has 146 valence electrons. The summed E-state index contributed by atoms with van der Waals surface area (Å²) in [6.45, 7) is 3.63. The van der Waals surface area contributed by atoms with Crippen molar-refractivity contribution in [1.29, 1.82) is 5.41 Å². The van der Waals surface area contributed by atoms with Gasteiger partial charge in [-0.3, -0.25) is 25.1 Å². The van der Waals surface area contributed by atoms with Crippen molar-refractivity contribution in [2.75, 3.05) is 13.1 Å². The van der Waals surface area contributed by atoms with Crippen LogP contribution in [0.3, 0.4) is 0 Å². The average molecular weight is 375 g/mol. The van der Waals surface area contributed by atoms with Gasteiger partial charge in [0.15, 0.2) is 0 Å². The lowest BCUT2D eigenvalue weighted by Crippen LogP contribution is -2.65. The smallest absolute Gasteiger partial charge is 0.317 e. The van der Waals surface area contributed by atoms with Crippen molar-refractivity contribution in [2.24, 2.45) is 5.73 Å². The highest BCUT2D eigenvalue weighted by atomic mass is 16.4. The number of hydrogen-bond acceptors (Lipinski definition) is 5. The van der Waals surface area contributed by atoms with Gasteiger partial charge in [0.25, 0.3) is 0 Å². The Morgan fingerprint density at radius 1 is 1.30 bits per heavy atom. The summed E-state index contributed by atoms with van der Waals surface area (Å²) in [5.41, 5.74) is 5.80. The van der Waals surface area contributed by atoms with Gasteiger partial charge < -0.3 is 21.1 Å². The van der Waals surface area contributed by atoms with Crippen LogP contribution in [0.25, 0.3) is 0 Å². The second-order valence-corrected chi connectivity index (χ2v) is 7.00. The first-order valence-electron chi connectivity index (χ1n) is 8.61. The standard InChI is InChI=1S/C18H25N5O4/c1-18(2,22-10-14(24)25)17(27)23-8-7-13(23)16(26)21-9-11-3-5-12(6-4-11)15(19)20/h3-6,13,22H,7-10H2,1-2H3,(H3,19,20)(H,21,26)(H,24,25). The quantitative estimate of drug-likeness (QED) is 0.309. The molecule has 6 N–H and O–H groups in total. The second-order valence-electron chi connectivity index (χ2n) is 7.00. The number of amides is 2. The number of aliphatic carboxylic acids is 1. The Bertz CT molecular complexity index is 745. The highest BCUT2D eigenvalue weighted by Gasteiger charge is 2.43. The number of nitrogens with zero attached hydrogens (tertiary/aromatic N) is 1. The summed E-state index contributed by atoms with van der Waals surface area (Å²) in [4.78, 5) is 37.2. The summed E-state index contributed by atoms with van der Waals surface area (Å²) in [6.07, 6.45) is 0.565. The lowest BCUT2D eigenvalue weighted by Gasteiger charge is -2.43. The number of amidine groups is 1. The van der Waals surface area contributed by atoms with Gasteiger partial charge in [0.2, 0.25) is 11.8 Å². The molecule has 27 heavy (non-hydrogen) atoms. The summed E-state index contributed by atoms with van der Waals surface area (Å²) in [6, 6.07) is 6.42. The van der Waals surface area contributed by atoms with Gasteiger partial charge in [-0.25, -0.2) is 0 Å². The molecule has 2 rings (SSSR count). The highest BCUT2D eigenvalue weighted by molar-refractivity contribution is 5.95. The van der Waals surface area contributed by atoms with E-state index in [1.807, 2.05) is 0 Å². The molecule has 0 aromatic heterocycles. The minimum Gasteiger partial charge on any atom is -0.480 e. The highest BCUT2D eigenvalue weighted by Crippen LogP contribution is 2.22. The van der Waals surface area contributed by atoms with Crippen molar-refractivity contribution in [3.63, 3.8) is 0 Å². The molecule has 1 heterocycles. The van der Waals surface area contributed by atoms with Crippen LogP contribution in [0.1, 0.15) is 31.4 Å². The van der Waals surface area contributed by atoms with Gasteiger partial charge in [-0.2, -0.15) is 0 Å². The van der Waals surface area contributed by atoms with Crippen molar-refractivity contribution < 1.29 is 19.5 Å². The van der Waals surface area contributed by atoms with Crippen LogP contribution in [0.4, 0.5) is 0 Å². The number of hydrogen-bond donors (Lipinski definition) is 5. The van der Waals surface area contributed by atoms with Gasteiger partial charge in [-0.15, -0.1) is 0 Å². The first-order valence-corrected chi connectivity index (χ1v) is 8.61. The van der Waals surface area contributed by atoms with E-state index in [2.05, 4.69) is 10.6 Å². The fourth-order valence-corrected chi connectivity index (χ4v) is 2.74. The molecule has 1 saturated heterocycles. The molecule has 1 atom stereocenters. The molecule has 1 aliphatic rings. The van der Waals surface area contributed by atoms with Crippen LogP contribution >= 0.6 is 0 Å². The normalized spacial score (nSPS) is 16.4. The molecule has 9 nitrogen and oxygen atoms in total. The summed E-state index contributed by atoms with van der Waals surface area (Å²) in [5, 5.41) is 21.6. The molecule has 1 aliphatic heterocycles. The number of nitrogen functional groups attached to an aromatic ring is 1. The molecule has 1 aromatic rings. The van der Waals surface area contributed by atoms with Crippen molar-refractivity contribution in [3.8, 4) is 0 Å². The summed E-state index contributed by atoms with van der Waals surface area (Å²) in [7, 11) is 0. The van der Waals surface area contributed by atoms with E-state index in [0.29, 0.717) is 25.1 Å². The largest absolute Gasteiger partial charge is 0.480 e. The number of carbonyl (C=O) groups is 3. The van der Waals surface area contributed by atoms with E-state index >= 15 is 0 Å². The molecular weight excluding hydrogens is 350 g/mol. The molecule has 0 spiro atoms. The zero-order valence-electron chi connectivity index (χ0n) is 15.4. The lowest BCUT2D eigenvalue weighted by atomic mass is 9.95. The lowest BCUT2D eigenvalue weighted by molar-refractivity contribution is -0.152. The molecule has 1 unspecified atom stereocenters. The van der Waals surface area contributed by atoms with E-state index in [9.17, 15) is 14.4 Å². The number of carboxylic acids is 1. The fraction of sp³-hybridized carbons (Fsp3) is 0.444. The van der Waals surface area contributed by atoms with E-state index in [1.165, 1.54) is 4.90 Å². The Morgan fingerprint density at radius 3 is 2.41 bits per heavy atom. The van der Waals surface area contributed by atoms with E-state index in [-0.39, 0.29) is 24.2 Å². The van der Waals surface area contributed by atoms with Crippen molar-refractivity contribution >= 4 is 23.6 Å². The van der Waals surface area contributed by atoms with E-state index < -0.39 is 17.6 Å². The van der Waals surface area contributed by atoms with E-state index in [1.54, 1.807) is 38.1 Å². The van der Waals surface area contributed by atoms with Crippen LogP contribution in [0.2, 0.25) is 0 Å². The first kappa shape index (κ1) is 20.4. The van der Waals surface area contributed by atoms with Crippen molar-refractivity contribution in [2.45, 2.75) is 38.4 Å². The Hall–Kier alpha value is -2.94. The fourth-order valence-electron chi connectivity index (χ4n) is 2.74. The third kappa shape index (κ3) is 5.04. The zero-order valence-corrected chi connectivity index (χ0v) is 15.4. The average Bonchev–Trinajstić information content (AvgIpc) is 2.57. The minimum absolute atomic E-state index is 0.0201. The number of nitrogens with two attached hydrogens (primary N) is 1. The number of carboxylic acid groups (broad SMARTS) is 1. The van der Waals surface area contributed by atoms with Gasteiger partial charge in [0.05, 0.1) is 12.1 Å². The SMILES string of the molecule is CC(C)(NCC(=O)O)C(=O)N1CCC1C(=O)NCc1ccc(C(=N)N)cc1. The van der Waals surface area contributed by atoms with Crippen LogP contribution in [-0.4, -0.2) is 58.3 Å². The molecular formula is C18H25N5O4. The number of carbonyl (C=O) groups excluding carboxylic acids is 2. The second kappa shape index (κ2) is 8.17. The Morgan fingerprint density at radius 2 is 1.93 bits per heavy atom. The zero-order chi connectivity index (χ0) is 20.2. The third-order valence-corrected chi connectivity index (χ3v) is 4.53. The van der Waals surface area contributed by atoms with Crippen molar-refractivity contribution in [3.05, 3.63) is 35.4 Å². The van der Waals surface area contributed by atoms with Crippen LogP contribution < -0.4 is 16.4 Å². The monoisotopic (exact) mass is 375 g/mol. The van der Waals surface area contributed by atoms with Crippen molar-refractivity contribution in [1.82, 2.24) is 15.5 Å². The van der Waals surface area contributed by atoms with Gasteiger partial charge in [0, 0.05) is 18.7 Å². The summed E-state index contributed by atoms with van der Waals surface area (Å²) < 4.78 is 0. The van der Waals surface area contributed by atoms with Crippen LogP contribution in [0.15, 0.2) is 24.3 Å². The minimum atomic E-state index is -1.07. The van der Waals surface area contributed by atoms with Crippen LogP contribution in [0.5, 0.6) is 0 Å². The first-order chi connectivity index (χ1) is 12.6. The topological polar surface area (TPSA) is 149 Å². The van der Waals surface area contributed by atoms with E-state index in [4.69, 9.17) is 16.2 Å². The van der Waals surface area contributed by atoms with Crippen LogP contribution in [-0.2, 0) is 20.9 Å².